The van der Waals surface area contributed by atoms with Gasteiger partial charge in [-0.05, 0) is 31.4 Å². The van der Waals surface area contributed by atoms with E-state index in [1.165, 1.54) is 19.3 Å². The van der Waals surface area contributed by atoms with Crippen LogP contribution in [0.3, 0.4) is 0 Å². The highest BCUT2D eigenvalue weighted by Gasteiger charge is 2.31. The summed E-state index contributed by atoms with van der Waals surface area (Å²) in [7, 11) is 1.73. The van der Waals surface area contributed by atoms with Gasteiger partial charge in [0, 0.05) is 50.7 Å². The molecule has 1 aromatic carbocycles. The summed E-state index contributed by atoms with van der Waals surface area (Å²) in [6, 6.07) is 9.40. The minimum Gasteiger partial charge on any atom is -0.355 e. The zero-order valence-electron chi connectivity index (χ0n) is 17.7. The van der Waals surface area contributed by atoms with Crippen LogP contribution in [0.15, 0.2) is 35.3 Å². The van der Waals surface area contributed by atoms with Crippen molar-refractivity contribution in [2.45, 2.75) is 44.6 Å². The van der Waals surface area contributed by atoms with E-state index in [4.69, 9.17) is 0 Å². The number of nitrogens with one attached hydrogen (secondary N) is 3. The van der Waals surface area contributed by atoms with E-state index in [1.54, 1.807) is 19.2 Å². The number of guanidine groups is 1. The van der Waals surface area contributed by atoms with Crippen LogP contribution in [0.1, 0.15) is 48.9 Å². The van der Waals surface area contributed by atoms with Gasteiger partial charge in [-0.25, -0.2) is 0 Å². The Bertz CT molecular complexity index is 707. The third-order valence-electron chi connectivity index (χ3n) is 5.76. The van der Waals surface area contributed by atoms with Crippen molar-refractivity contribution < 1.29 is 9.59 Å². The highest BCUT2D eigenvalue weighted by molar-refractivity contribution is 14.0. The first kappa shape index (κ1) is 24.4. The highest BCUT2D eigenvalue weighted by atomic mass is 127. The molecule has 0 radical (unpaired) electrons. The van der Waals surface area contributed by atoms with E-state index in [9.17, 15) is 9.59 Å². The normalized spacial score (nSPS) is 19.7. The van der Waals surface area contributed by atoms with Gasteiger partial charge in [0.15, 0.2) is 5.96 Å². The van der Waals surface area contributed by atoms with Gasteiger partial charge in [-0.3, -0.25) is 14.6 Å². The average molecular weight is 527 g/mol. The Morgan fingerprint density at radius 2 is 1.73 bits per heavy atom. The molecule has 166 valence electrons. The molecule has 1 aliphatic heterocycles. The van der Waals surface area contributed by atoms with Gasteiger partial charge in [0.1, 0.15) is 0 Å². The number of carbonyl (C=O) groups is 2. The molecule has 30 heavy (non-hydrogen) atoms. The minimum absolute atomic E-state index is 0. The maximum atomic E-state index is 12.7. The van der Waals surface area contributed by atoms with Crippen molar-refractivity contribution in [1.29, 1.82) is 0 Å². The minimum atomic E-state index is -0.0805. The molecule has 2 fully saturated rings. The molecular weight excluding hydrogens is 493 g/mol. The molecule has 1 saturated heterocycles. The van der Waals surface area contributed by atoms with Crippen LogP contribution >= 0.6 is 24.0 Å². The van der Waals surface area contributed by atoms with Crippen LogP contribution in [0.4, 0.5) is 0 Å². The molecule has 1 atom stereocenters. The lowest BCUT2D eigenvalue weighted by Gasteiger charge is -2.26. The van der Waals surface area contributed by atoms with Gasteiger partial charge in [-0.15, -0.1) is 24.0 Å². The molecule has 8 heteroatoms. The van der Waals surface area contributed by atoms with Crippen LogP contribution < -0.4 is 16.0 Å². The van der Waals surface area contributed by atoms with E-state index in [0.29, 0.717) is 30.5 Å². The third kappa shape index (κ3) is 7.14. The number of carbonyl (C=O) groups excluding carboxylic acids is 2. The summed E-state index contributed by atoms with van der Waals surface area (Å²) in [6.07, 6.45) is 6.66. The molecule has 3 rings (SSSR count). The predicted octanol–water partition coefficient (Wildman–Crippen LogP) is 2.38. The first-order chi connectivity index (χ1) is 14.2. The third-order valence-corrected chi connectivity index (χ3v) is 5.76. The molecular formula is C22H34IN5O2. The van der Waals surface area contributed by atoms with Crippen LogP contribution in [-0.4, -0.2) is 61.9 Å². The van der Waals surface area contributed by atoms with E-state index in [0.717, 1.165) is 32.4 Å². The number of halogens is 1. The SMILES string of the molecule is CN=C(NCCNC(=O)c1ccccc1)NC1CCN(C(=O)C2CCCCC2)C1.I. The second kappa shape index (κ2) is 12.8. The average Bonchev–Trinajstić information content (AvgIpc) is 3.24. The standard InChI is InChI=1S/C22H33N5O2.HI/c1-23-22(25-14-13-24-20(28)17-8-4-2-5-9-17)26-19-12-15-27(16-19)21(29)18-10-6-3-7-11-18;/h2,4-5,8-9,18-19H,3,6-7,10-16H2,1H3,(H,24,28)(H2,23,25,26);1H. The second-order valence-corrected chi connectivity index (χ2v) is 7.87. The van der Waals surface area contributed by atoms with Crippen molar-refractivity contribution in [1.82, 2.24) is 20.9 Å². The molecule has 0 spiro atoms. The summed E-state index contributed by atoms with van der Waals surface area (Å²) in [4.78, 5) is 31.0. The molecule has 7 nitrogen and oxygen atoms in total. The number of benzene rings is 1. The van der Waals surface area contributed by atoms with Crippen molar-refractivity contribution in [2.24, 2.45) is 10.9 Å². The Kier molecular flexibility index (Phi) is 10.4. The quantitative estimate of drug-likeness (QED) is 0.230. The van der Waals surface area contributed by atoms with Gasteiger partial charge in [0.25, 0.3) is 5.91 Å². The Balaban J connectivity index is 0.00000320. The molecule has 2 aliphatic rings. The number of rotatable bonds is 6. The maximum Gasteiger partial charge on any atom is 0.251 e. The summed E-state index contributed by atoms with van der Waals surface area (Å²) in [5.74, 6) is 1.19. The number of hydrogen-bond acceptors (Lipinski definition) is 3. The maximum absolute atomic E-state index is 12.7. The number of likely N-dealkylation sites (tertiary alicyclic amines) is 1. The summed E-state index contributed by atoms with van der Waals surface area (Å²) in [5, 5.41) is 9.53. The molecule has 3 N–H and O–H groups in total. The van der Waals surface area contributed by atoms with Crippen LogP contribution in [0, 0.1) is 5.92 Å². The Labute approximate surface area is 196 Å². The van der Waals surface area contributed by atoms with Crippen LogP contribution in [0.25, 0.3) is 0 Å². The summed E-state index contributed by atoms with van der Waals surface area (Å²) < 4.78 is 0. The lowest BCUT2D eigenvalue weighted by atomic mass is 9.88. The Morgan fingerprint density at radius 3 is 2.43 bits per heavy atom. The number of hydrogen-bond donors (Lipinski definition) is 3. The first-order valence-electron chi connectivity index (χ1n) is 10.8. The lowest BCUT2D eigenvalue weighted by molar-refractivity contribution is -0.135. The van der Waals surface area contributed by atoms with Crippen molar-refractivity contribution >= 4 is 41.8 Å². The second-order valence-electron chi connectivity index (χ2n) is 7.87. The smallest absolute Gasteiger partial charge is 0.251 e. The molecule has 1 aromatic rings. The summed E-state index contributed by atoms with van der Waals surface area (Å²) in [6.45, 7) is 2.64. The summed E-state index contributed by atoms with van der Waals surface area (Å²) >= 11 is 0. The highest BCUT2D eigenvalue weighted by Crippen LogP contribution is 2.26. The number of amides is 2. The zero-order chi connectivity index (χ0) is 20.5. The van der Waals surface area contributed by atoms with E-state index in [-0.39, 0.29) is 41.8 Å². The fourth-order valence-corrected chi connectivity index (χ4v) is 4.12. The van der Waals surface area contributed by atoms with Gasteiger partial charge >= 0.3 is 0 Å². The Morgan fingerprint density at radius 1 is 1.03 bits per heavy atom. The van der Waals surface area contributed by atoms with Gasteiger partial charge in [0.05, 0.1) is 0 Å². The molecule has 1 unspecified atom stereocenters. The van der Waals surface area contributed by atoms with E-state index in [1.807, 2.05) is 23.1 Å². The molecule has 1 saturated carbocycles. The predicted molar refractivity (Wildman–Crippen MR) is 130 cm³/mol. The van der Waals surface area contributed by atoms with Crippen LogP contribution in [0.2, 0.25) is 0 Å². The van der Waals surface area contributed by atoms with E-state index >= 15 is 0 Å². The van der Waals surface area contributed by atoms with Crippen LogP contribution in [-0.2, 0) is 4.79 Å². The van der Waals surface area contributed by atoms with Crippen LogP contribution in [0.5, 0.6) is 0 Å². The number of aliphatic imine (C=N–C) groups is 1. The number of nitrogens with zero attached hydrogens (tertiary/aromatic N) is 2. The van der Waals surface area contributed by atoms with Gasteiger partial charge in [-0.2, -0.15) is 0 Å². The van der Waals surface area contributed by atoms with Gasteiger partial charge in [-0.1, -0.05) is 37.5 Å². The monoisotopic (exact) mass is 527 g/mol. The van der Waals surface area contributed by atoms with E-state index < -0.39 is 0 Å². The Hall–Kier alpha value is -1.84. The largest absolute Gasteiger partial charge is 0.355 e. The molecule has 2 amide bonds. The zero-order valence-corrected chi connectivity index (χ0v) is 20.1. The van der Waals surface area contributed by atoms with Crippen molar-refractivity contribution in [3.05, 3.63) is 35.9 Å². The molecule has 1 aliphatic carbocycles. The topological polar surface area (TPSA) is 85.8 Å². The molecule has 0 aromatic heterocycles. The van der Waals surface area contributed by atoms with Crippen molar-refractivity contribution in [3.8, 4) is 0 Å². The van der Waals surface area contributed by atoms with Crippen molar-refractivity contribution in [2.75, 3.05) is 33.2 Å². The fraction of sp³-hybridized carbons (Fsp3) is 0.591. The summed E-state index contributed by atoms with van der Waals surface area (Å²) in [5.41, 5.74) is 0.656. The lowest BCUT2D eigenvalue weighted by Crippen LogP contribution is -2.47. The van der Waals surface area contributed by atoms with Crippen molar-refractivity contribution in [3.63, 3.8) is 0 Å². The molecule has 1 heterocycles. The van der Waals surface area contributed by atoms with Gasteiger partial charge < -0.3 is 20.9 Å². The molecule has 0 bridgehead atoms. The van der Waals surface area contributed by atoms with Gasteiger partial charge in [0.2, 0.25) is 5.91 Å². The first-order valence-corrected chi connectivity index (χ1v) is 10.8. The van der Waals surface area contributed by atoms with E-state index in [2.05, 4.69) is 20.9 Å². The fourth-order valence-electron chi connectivity index (χ4n) is 4.12.